The van der Waals surface area contributed by atoms with E-state index in [-0.39, 0.29) is 35.0 Å². The molecule has 1 aromatic heterocycles. The molecule has 6 N–H and O–H groups in total. The molecule has 1 fully saturated rings. The molecule has 0 unspecified atom stereocenters. The summed E-state index contributed by atoms with van der Waals surface area (Å²) in [6.07, 6.45) is 3.76. The van der Waals surface area contributed by atoms with E-state index >= 15 is 0 Å². The number of aromatic nitrogens is 2. The van der Waals surface area contributed by atoms with Crippen LogP contribution in [-0.2, 0) is 0 Å². The Morgan fingerprint density at radius 3 is 2.59 bits per heavy atom. The van der Waals surface area contributed by atoms with Gasteiger partial charge in [0.2, 0.25) is 0 Å². The van der Waals surface area contributed by atoms with Crippen LogP contribution in [0.15, 0.2) is 36.4 Å². The van der Waals surface area contributed by atoms with Crippen molar-refractivity contribution in [1.82, 2.24) is 15.5 Å². The van der Waals surface area contributed by atoms with Gasteiger partial charge in [-0.25, -0.2) is 0 Å². The van der Waals surface area contributed by atoms with Crippen LogP contribution in [0.3, 0.4) is 0 Å². The van der Waals surface area contributed by atoms with Gasteiger partial charge < -0.3 is 21.5 Å². The first-order valence-electron chi connectivity index (χ1n) is 10.8. The summed E-state index contributed by atoms with van der Waals surface area (Å²) in [7, 11) is 1.60. The standard InChI is InChI=1S/C24H25N5O3/c1-32-13-8-6-12(7-9-13)21-20-22(29-28-21)14-10-11-16(26)19(18(14)23(20)30)24(31)27-17-5-3-2-4-15(17)25/h6-11,15,17H,2-5,25-26H2,1H3,(H,27,31)(H,28,29)/t15-,17+/m0/s1. The molecular weight excluding hydrogens is 406 g/mol. The van der Waals surface area contributed by atoms with Crippen LogP contribution in [0.4, 0.5) is 5.69 Å². The molecule has 2 atom stereocenters. The Kier molecular flexibility index (Phi) is 4.94. The number of methoxy groups -OCH3 is 1. The number of ether oxygens (including phenoxy) is 1. The maximum atomic E-state index is 13.6. The first-order valence-corrected chi connectivity index (χ1v) is 10.8. The molecule has 0 radical (unpaired) electrons. The molecule has 8 nitrogen and oxygen atoms in total. The second kappa shape index (κ2) is 7.80. The van der Waals surface area contributed by atoms with Crippen molar-refractivity contribution in [2.45, 2.75) is 37.8 Å². The van der Waals surface area contributed by atoms with E-state index in [0.717, 1.165) is 31.2 Å². The van der Waals surface area contributed by atoms with Crippen LogP contribution >= 0.6 is 0 Å². The minimum atomic E-state index is -0.362. The fraction of sp³-hybridized carbons (Fsp3) is 0.292. The third-order valence-corrected chi connectivity index (χ3v) is 6.45. The van der Waals surface area contributed by atoms with Gasteiger partial charge in [-0.15, -0.1) is 0 Å². The summed E-state index contributed by atoms with van der Waals surface area (Å²) in [5.74, 6) is 0.0855. The van der Waals surface area contributed by atoms with Gasteiger partial charge in [-0.05, 0) is 49.2 Å². The molecule has 1 saturated carbocycles. The average Bonchev–Trinajstić information content (AvgIpc) is 3.35. The smallest absolute Gasteiger partial charge is 0.254 e. The largest absolute Gasteiger partial charge is 0.497 e. The van der Waals surface area contributed by atoms with Crippen LogP contribution in [0.2, 0.25) is 0 Å². The minimum absolute atomic E-state index is 0.0972. The van der Waals surface area contributed by atoms with Gasteiger partial charge in [0.15, 0.2) is 5.78 Å². The number of rotatable bonds is 4. The van der Waals surface area contributed by atoms with Crippen molar-refractivity contribution in [3.63, 3.8) is 0 Å². The summed E-state index contributed by atoms with van der Waals surface area (Å²) >= 11 is 0. The van der Waals surface area contributed by atoms with Crippen LogP contribution in [0, 0.1) is 0 Å². The van der Waals surface area contributed by atoms with Gasteiger partial charge in [-0.3, -0.25) is 14.7 Å². The van der Waals surface area contributed by atoms with Gasteiger partial charge in [-0.2, -0.15) is 5.10 Å². The van der Waals surface area contributed by atoms with Gasteiger partial charge in [-0.1, -0.05) is 12.8 Å². The van der Waals surface area contributed by atoms with Crippen LogP contribution < -0.4 is 21.5 Å². The number of hydrogen-bond donors (Lipinski definition) is 4. The van der Waals surface area contributed by atoms with Crippen LogP contribution in [0.25, 0.3) is 22.5 Å². The first-order chi connectivity index (χ1) is 15.5. The Labute approximate surface area is 185 Å². The molecule has 2 aromatic carbocycles. The van der Waals surface area contributed by atoms with Crippen molar-refractivity contribution in [3.05, 3.63) is 53.1 Å². The molecule has 0 bridgehead atoms. The van der Waals surface area contributed by atoms with Gasteiger partial charge in [0.25, 0.3) is 5.91 Å². The number of benzene rings is 2. The number of nitrogens with one attached hydrogen (secondary N) is 2. The highest BCUT2D eigenvalue weighted by atomic mass is 16.5. The maximum absolute atomic E-state index is 13.6. The van der Waals surface area contributed by atoms with Gasteiger partial charge in [0.05, 0.1) is 23.9 Å². The molecule has 0 aliphatic heterocycles. The summed E-state index contributed by atoms with van der Waals surface area (Å²) in [4.78, 5) is 26.8. The van der Waals surface area contributed by atoms with Crippen molar-refractivity contribution in [2.24, 2.45) is 5.73 Å². The zero-order valence-corrected chi connectivity index (χ0v) is 17.8. The van der Waals surface area contributed by atoms with E-state index in [1.165, 1.54) is 0 Å². The van der Waals surface area contributed by atoms with E-state index in [4.69, 9.17) is 16.2 Å². The lowest BCUT2D eigenvalue weighted by Gasteiger charge is -2.29. The van der Waals surface area contributed by atoms with E-state index in [0.29, 0.717) is 33.8 Å². The van der Waals surface area contributed by atoms with Crippen molar-refractivity contribution in [3.8, 4) is 28.3 Å². The molecular formula is C24H25N5O3. The molecule has 3 aromatic rings. The molecule has 1 heterocycles. The lowest BCUT2D eigenvalue weighted by Crippen LogP contribution is -2.49. The van der Waals surface area contributed by atoms with Crippen molar-refractivity contribution < 1.29 is 14.3 Å². The summed E-state index contributed by atoms with van der Waals surface area (Å²) in [6.45, 7) is 0. The Balaban J connectivity index is 1.53. The number of carbonyl (C=O) groups is 2. The SMILES string of the molecule is COc1ccc(-c2n[nH]c3c2C(=O)c2c-3ccc(N)c2C(=O)N[C@@H]2CCCC[C@@H]2N)cc1. The monoisotopic (exact) mass is 431 g/mol. The third kappa shape index (κ3) is 3.15. The fourth-order valence-corrected chi connectivity index (χ4v) is 4.73. The summed E-state index contributed by atoms with van der Waals surface area (Å²) in [5.41, 5.74) is 16.2. The number of fused-ring (bicyclic) bond motifs is 3. The number of aromatic amines is 1. The second-order valence-corrected chi connectivity index (χ2v) is 8.36. The number of ketones is 1. The predicted molar refractivity (Wildman–Crippen MR) is 122 cm³/mol. The van der Waals surface area contributed by atoms with Gasteiger partial charge >= 0.3 is 0 Å². The Morgan fingerprint density at radius 2 is 1.88 bits per heavy atom. The Hall–Kier alpha value is -3.65. The van der Waals surface area contributed by atoms with Crippen LogP contribution in [-0.4, -0.2) is 41.1 Å². The topological polar surface area (TPSA) is 136 Å². The normalized spacial score (nSPS) is 19.4. The lowest BCUT2D eigenvalue weighted by atomic mass is 9.90. The highest BCUT2D eigenvalue weighted by Gasteiger charge is 2.37. The highest BCUT2D eigenvalue weighted by Crippen LogP contribution is 2.43. The predicted octanol–water partition coefficient (Wildman–Crippen LogP) is 2.88. The molecule has 5 rings (SSSR count). The van der Waals surface area contributed by atoms with Crippen LogP contribution in [0.5, 0.6) is 5.75 Å². The van der Waals surface area contributed by atoms with Crippen molar-refractivity contribution in [2.75, 3.05) is 12.8 Å². The Bertz CT molecular complexity index is 1220. The summed E-state index contributed by atoms with van der Waals surface area (Å²) in [6, 6.07) is 10.5. The molecule has 1 amide bonds. The molecule has 0 spiro atoms. The summed E-state index contributed by atoms with van der Waals surface area (Å²) < 4.78 is 5.21. The number of nitrogen functional groups attached to an aromatic ring is 1. The lowest BCUT2D eigenvalue weighted by molar-refractivity contribution is 0.0914. The van der Waals surface area contributed by atoms with E-state index in [9.17, 15) is 9.59 Å². The average molecular weight is 431 g/mol. The molecule has 2 aliphatic rings. The summed E-state index contributed by atoms with van der Waals surface area (Å²) in [5, 5.41) is 10.4. The first kappa shape index (κ1) is 20.3. The highest BCUT2D eigenvalue weighted by molar-refractivity contribution is 6.28. The zero-order chi connectivity index (χ0) is 22.4. The van der Waals surface area contributed by atoms with Gasteiger partial charge in [0.1, 0.15) is 11.4 Å². The number of carbonyl (C=O) groups excluding carboxylic acids is 2. The number of nitrogens with two attached hydrogens (primary N) is 2. The van der Waals surface area contributed by atoms with Crippen molar-refractivity contribution in [1.29, 1.82) is 0 Å². The minimum Gasteiger partial charge on any atom is -0.497 e. The number of nitrogens with zero attached hydrogens (tertiary/aromatic N) is 1. The number of H-pyrrole nitrogens is 1. The third-order valence-electron chi connectivity index (χ3n) is 6.45. The van der Waals surface area contributed by atoms with Gasteiger partial charge in [0, 0.05) is 34.5 Å². The van der Waals surface area contributed by atoms with Crippen LogP contribution in [0.1, 0.15) is 52.0 Å². The molecule has 164 valence electrons. The maximum Gasteiger partial charge on any atom is 0.254 e. The zero-order valence-electron chi connectivity index (χ0n) is 17.8. The molecule has 2 aliphatic carbocycles. The fourth-order valence-electron chi connectivity index (χ4n) is 4.73. The quantitative estimate of drug-likeness (QED) is 0.367. The van der Waals surface area contributed by atoms with E-state index in [1.807, 2.05) is 24.3 Å². The number of amides is 1. The molecule has 32 heavy (non-hydrogen) atoms. The number of hydrogen-bond acceptors (Lipinski definition) is 6. The van der Waals surface area contributed by atoms with E-state index in [2.05, 4.69) is 15.5 Å². The molecule has 0 saturated heterocycles. The van der Waals surface area contributed by atoms with E-state index < -0.39 is 0 Å². The second-order valence-electron chi connectivity index (χ2n) is 8.36. The van der Waals surface area contributed by atoms with E-state index in [1.54, 1.807) is 19.2 Å². The Morgan fingerprint density at radius 1 is 1.12 bits per heavy atom. The number of anilines is 1. The molecule has 8 heteroatoms. The van der Waals surface area contributed by atoms with Crippen molar-refractivity contribution >= 4 is 17.4 Å².